The highest BCUT2D eigenvalue weighted by Gasteiger charge is 2.29. The Morgan fingerprint density at radius 3 is 2.81 bits per heavy atom. The molecule has 0 saturated heterocycles. The Hall–Kier alpha value is -2.08. The van der Waals surface area contributed by atoms with E-state index in [4.69, 9.17) is 4.74 Å². The number of aryl methyl sites for hydroxylation is 1. The molecular weight excluding hydrogens is 342 g/mol. The van der Waals surface area contributed by atoms with E-state index in [-0.39, 0.29) is 11.9 Å². The van der Waals surface area contributed by atoms with Crippen molar-refractivity contribution < 1.29 is 14.6 Å². The first-order chi connectivity index (χ1) is 13.1. The minimum atomic E-state index is -0.456. The van der Waals surface area contributed by atoms with E-state index in [0.717, 1.165) is 25.0 Å². The summed E-state index contributed by atoms with van der Waals surface area (Å²) in [5.41, 5.74) is 1.88. The van der Waals surface area contributed by atoms with Crippen molar-refractivity contribution in [1.29, 1.82) is 0 Å². The summed E-state index contributed by atoms with van der Waals surface area (Å²) in [7, 11) is 0. The quantitative estimate of drug-likeness (QED) is 0.846. The standard InChI is InChI=1S/C21H29N3O3/c1-14-19(21(26)23-16-9-5-10-17(16)25)24-12-6-11-18(20(24)22-14)27-13-15-7-3-2-4-8-15/h6,11-12,15-17,25H,2-5,7-10,13H2,1H3,(H,23,26)/t16-,17-/m0/s1. The lowest BCUT2D eigenvalue weighted by atomic mass is 9.90. The zero-order valence-corrected chi connectivity index (χ0v) is 16.0. The van der Waals surface area contributed by atoms with Crippen LogP contribution in [0.1, 0.15) is 67.5 Å². The first kappa shape index (κ1) is 18.3. The minimum Gasteiger partial charge on any atom is -0.489 e. The number of fused-ring (bicyclic) bond motifs is 1. The Morgan fingerprint density at radius 1 is 1.26 bits per heavy atom. The van der Waals surface area contributed by atoms with Crippen molar-refractivity contribution in [3.63, 3.8) is 0 Å². The molecule has 2 aromatic heterocycles. The highest BCUT2D eigenvalue weighted by atomic mass is 16.5. The lowest BCUT2D eigenvalue weighted by Gasteiger charge is -2.21. The van der Waals surface area contributed by atoms with Crippen LogP contribution in [0.25, 0.3) is 5.65 Å². The molecule has 1 amide bonds. The van der Waals surface area contributed by atoms with Crippen molar-refractivity contribution in [2.24, 2.45) is 5.92 Å². The van der Waals surface area contributed by atoms with E-state index in [1.165, 1.54) is 32.1 Å². The van der Waals surface area contributed by atoms with E-state index in [2.05, 4.69) is 10.3 Å². The minimum absolute atomic E-state index is 0.173. The van der Waals surface area contributed by atoms with Crippen molar-refractivity contribution in [2.75, 3.05) is 6.61 Å². The topological polar surface area (TPSA) is 75.9 Å². The highest BCUT2D eigenvalue weighted by molar-refractivity contribution is 5.95. The zero-order valence-electron chi connectivity index (χ0n) is 16.0. The van der Waals surface area contributed by atoms with Crippen LogP contribution < -0.4 is 10.1 Å². The van der Waals surface area contributed by atoms with Gasteiger partial charge >= 0.3 is 0 Å². The van der Waals surface area contributed by atoms with Crippen LogP contribution in [-0.4, -0.2) is 39.2 Å². The number of carbonyl (C=O) groups is 1. The number of hydrogen-bond acceptors (Lipinski definition) is 4. The largest absolute Gasteiger partial charge is 0.489 e. The maximum Gasteiger partial charge on any atom is 0.270 e. The van der Waals surface area contributed by atoms with Crippen LogP contribution in [0.4, 0.5) is 0 Å². The second-order valence-corrected chi connectivity index (χ2v) is 8.01. The first-order valence-corrected chi connectivity index (χ1v) is 10.2. The number of aliphatic hydroxyl groups excluding tert-OH is 1. The van der Waals surface area contributed by atoms with Gasteiger partial charge in [0, 0.05) is 6.20 Å². The Balaban J connectivity index is 1.53. The van der Waals surface area contributed by atoms with Crippen LogP contribution in [0.3, 0.4) is 0 Å². The third-order valence-electron chi connectivity index (χ3n) is 6.00. The molecule has 2 aromatic rings. The fourth-order valence-electron chi connectivity index (χ4n) is 4.45. The van der Waals surface area contributed by atoms with Crippen molar-refractivity contribution in [2.45, 2.75) is 70.4 Å². The predicted molar refractivity (Wildman–Crippen MR) is 103 cm³/mol. The molecule has 27 heavy (non-hydrogen) atoms. The van der Waals surface area contributed by atoms with Gasteiger partial charge in [-0.1, -0.05) is 19.3 Å². The van der Waals surface area contributed by atoms with Gasteiger partial charge < -0.3 is 15.2 Å². The number of aromatic nitrogens is 2. The third kappa shape index (κ3) is 3.81. The predicted octanol–water partition coefficient (Wildman–Crippen LogP) is 3.25. The Kier molecular flexibility index (Phi) is 5.34. The second kappa shape index (κ2) is 7.89. The number of aliphatic hydroxyl groups is 1. The summed E-state index contributed by atoms with van der Waals surface area (Å²) in [6, 6.07) is 3.65. The van der Waals surface area contributed by atoms with Crippen LogP contribution >= 0.6 is 0 Å². The van der Waals surface area contributed by atoms with Crippen LogP contribution in [-0.2, 0) is 0 Å². The third-order valence-corrected chi connectivity index (χ3v) is 6.00. The van der Waals surface area contributed by atoms with Crippen LogP contribution in [0.15, 0.2) is 18.3 Å². The molecule has 2 saturated carbocycles. The molecule has 0 aromatic carbocycles. The number of ether oxygens (including phenoxy) is 1. The highest BCUT2D eigenvalue weighted by Crippen LogP contribution is 2.27. The Bertz CT molecular complexity index is 810. The van der Waals surface area contributed by atoms with E-state index in [1.54, 1.807) is 0 Å². The van der Waals surface area contributed by atoms with Gasteiger partial charge in [-0.15, -0.1) is 0 Å². The molecule has 0 bridgehead atoms. The van der Waals surface area contributed by atoms with Crippen LogP contribution in [0.2, 0.25) is 0 Å². The zero-order chi connectivity index (χ0) is 18.8. The lowest BCUT2D eigenvalue weighted by molar-refractivity contribution is 0.0867. The summed E-state index contributed by atoms with van der Waals surface area (Å²) in [5, 5.41) is 13.0. The van der Waals surface area contributed by atoms with E-state index in [0.29, 0.717) is 29.6 Å². The molecule has 0 spiro atoms. The molecule has 2 heterocycles. The van der Waals surface area contributed by atoms with Gasteiger partial charge in [0.25, 0.3) is 5.91 Å². The molecule has 4 rings (SSSR count). The normalized spacial score (nSPS) is 23.6. The number of nitrogens with zero attached hydrogens (tertiary/aromatic N) is 2. The van der Waals surface area contributed by atoms with E-state index in [9.17, 15) is 9.90 Å². The van der Waals surface area contributed by atoms with Gasteiger partial charge in [0.1, 0.15) is 5.69 Å². The number of nitrogens with one attached hydrogen (secondary N) is 1. The van der Waals surface area contributed by atoms with Crippen molar-refractivity contribution in [3.05, 3.63) is 29.7 Å². The summed E-state index contributed by atoms with van der Waals surface area (Å²) < 4.78 is 7.91. The Labute approximate surface area is 159 Å². The van der Waals surface area contributed by atoms with Gasteiger partial charge in [-0.2, -0.15) is 0 Å². The number of carbonyl (C=O) groups excluding carboxylic acids is 1. The number of hydrogen-bond donors (Lipinski definition) is 2. The summed E-state index contributed by atoms with van der Waals surface area (Å²) in [6.07, 6.45) is 10.3. The average molecular weight is 371 g/mol. The molecule has 0 aliphatic heterocycles. The van der Waals surface area contributed by atoms with E-state index in [1.807, 2.05) is 29.7 Å². The molecule has 2 aliphatic carbocycles. The fraction of sp³-hybridized carbons (Fsp3) is 0.619. The van der Waals surface area contributed by atoms with E-state index < -0.39 is 6.10 Å². The molecule has 2 N–H and O–H groups in total. The fourth-order valence-corrected chi connectivity index (χ4v) is 4.45. The Morgan fingerprint density at radius 2 is 2.07 bits per heavy atom. The molecule has 2 aliphatic rings. The number of pyridine rings is 1. The summed E-state index contributed by atoms with van der Waals surface area (Å²) >= 11 is 0. The molecular formula is C21H29N3O3. The summed E-state index contributed by atoms with van der Waals surface area (Å²) in [5.74, 6) is 1.16. The van der Waals surface area contributed by atoms with Crippen molar-refractivity contribution >= 4 is 11.6 Å². The van der Waals surface area contributed by atoms with Gasteiger partial charge in [0.2, 0.25) is 0 Å². The van der Waals surface area contributed by atoms with Crippen LogP contribution in [0.5, 0.6) is 5.75 Å². The maximum absolute atomic E-state index is 12.8. The summed E-state index contributed by atoms with van der Waals surface area (Å²) in [4.78, 5) is 17.4. The van der Waals surface area contributed by atoms with Gasteiger partial charge in [0.05, 0.1) is 24.4 Å². The average Bonchev–Trinajstić information content (AvgIpc) is 3.23. The smallest absolute Gasteiger partial charge is 0.270 e. The number of imidazole rings is 1. The molecule has 2 fully saturated rings. The van der Waals surface area contributed by atoms with Gasteiger partial charge in [-0.05, 0) is 57.1 Å². The monoisotopic (exact) mass is 371 g/mol. The van der Waals surface area contributed by atoms with Crippen molar-refractivity contribution in [1.82, 2.24) is 14.7 Å². The van der Waals surface area contributed by atoms with Crippen LogP contribution in [0, 0.1) is 12.8 Å². The van der Waals surface area contributed by atoms with Gasteiger partial charge in [0.15, 0.2) is 11.4 Å². The molecule has 0 unspecified atom stereocenters. The second-order valence-electron chi connectivity index (χ2n) is 8.01. The summed E-state index contributed by atoms with van der Waals surface area (Å²) in [6.45, 7) is 2.55. The lowest BCUT2D eigenvalue weighted by Crippen LogP contribution is -2.40. The molecule has 6 nitrogen and oxygen atoms in total. The maximum atomic E-state index is 12.8. The molecule has 0 radical (unpaired) electrons. The first-order valence-electron chi connectivity index (χ1n) is 10.2. The van der Waals surface area contributed by atoms with E-state index >= 15 is 0 Å². The SMILES string of the molecule is Cc1nc2c(OCC3CCCCC3)cccn2c1C(=O)N[C@H]1CCC[C@@H]1O. The van der Waals surface area contributed by atoms with Crippen molar-refractivity contribution in [3.8, 4) is 5.75 Å². The molecule has 2 atom stereocenters. The number of rotatable bonds is 5. The number of amides is 1. The van der Waals surface area contributed by atoms with Gasteiger partial charge in [-0.25, -0.2) is 4.98 Å². The molecule has 146 valence electrons. The van der Waals surface area contributed by atoms with Gasteiger partial charge in [-0.3, -0.25) is 9.20 Å². The molecule has 6 heteroatoms.